The van der Waals surface area contributed by atoms with Crippen LogP contribution in [0.5, 0.6) is 0 Å². The maximum atomic E-state index is 10.4. The van der Waals surface area contributed by atoms with Crippen LogP contribution in [-0.2, 0) is 0 Å². The van der Waals surface area contributed by atoms with Crippen LogP contribution in [0.3, 0.4) is 0 Å². The Kier molecular flexibility index (Phi) is 2.45. The molecule has 0 radical (unpaired) electrons. The van der Waals surface area contributed by atoms with Crippen LogP contribution >= 0.6 is 15.9 Å². The van der Waals surface area contributed by atoms with Gasteiger partial charge in [-0.1, -0.05) is 12.1 Å². The molecule has 0 aliphatic rings. The molecule has 0 saturated carbocycles. The molecule has 0 spiro atoms. The van der Waals surface area contributed by atoms with Gasteiger partial charge in [-0.25, -0.2) is 4.98 Å². The number of hydrogen-bond acceptors (Lipinski definition) is 3. The molecule has 4 heteroatoms. The van der Waals surface area contributed by atoms with Crippen LogP contribution in [-0.4, -0.2) is 11.3 Å². The Hall–Kier alpha value is -1.42. The predicted octanol–water partition coefficient (Wildman–Crippen LogP) is 2.92. The van der Waals surface area contributed by atoms with Gasteiger partial charge >= 0.3 is 0 Å². The zero-order valence-electron chi connectivity index (χ0n) is 7.11. The van der Waals surface area contributed by atoms with Gasteiger partial charge in [0.2, 0.25) is 5.89 Å². The summed E-state index contributed by atoms with van der Waals surface area (Å²) in [5, 5.41) is 0. The summed E-state index contributed by atoms with van der Waals surface area (Å²) in [5.74, 6) is 0.444. The van der Waals surface area contributed by atoms with Gasteiger partial charge in [0.05, 0.1) is 5.56 Å². The van der Waals surface area contributed by atoms with E-state index in [9.17, 15) is 4.79 Å². The highest BCUT2D eigenvalue weighted by Crippen LogP contribution is 2.26. The van der Waals surface area contributed by atoms with Crippen molar-refractivity contribution in [1.29, 1.82) is 0 Å². The Morgan fingerprint density at radius 1 is 1.36 bits per heavy atom. The van der Waals surface area contributed by atoms with E-state index in [1.807, 2.05) is 24.3 Å². The maximum Gasteiger partial charge on any atom is 0.227 e. The van der Waals surface area contributed by atoms with Crippen LogP contribution < -0.4 is 0 Å². The minimum atomic E-state index is 0.302. The lowest BCUT2D eigenvalue weighted by molar-refractivity contribution is 0.111. The topological polar surface area (TPSA) is 43.1 Å². The standard InChI is InChI=1S/C10H6BrNO2/c11-9-4-2-1-3-8(9)10-12-7(5-13)6-14-10/h1-6H. The van der Waals surface area contributed by atoms with Crippen LogP contribution in [0, 0.1) is 0 Å². The van der Waals surface area contributed by atoms with Crippen LogP contribution in [0.4, 0.5) is 0 Å². The minimum absolute atomic E-state index is 0.302. The molecule has 0 amide bonds. The number of carbonyl (C=O) groups excluding carboxylic acids is 1. The number of halogens is 1. The van der Waals surface area contributed by atoms with E-state index in [1.54, 1.807) is 0 Å². The van der Waals surface area contributed by atoms with Gasteiger partial charge in [-0.2, -0.15) is 0 Å². The van der Waals surface area contributed by atoms with Crippen molar-refractivity contribution in [3.05, 3.63) is 40.7 Å². The van der Waals surface area contributed by atoms with Crippen molar-refractivity contribution in [3.63, 3.8) is 0 Å². The van der Waals surface area contributed by atoms with E-state index in [2.05, 4.69) is 20.9 Å². The van der Waals surface area contributed by atoms with E-state index >= 15 is 0 Å². The number of aromatic nitrogens is 1. The second kappa shape index (κ2) is 3.75. The van der Waals surface area contributed by atoms with Crippen molar-refractivity contribution in [2.45, 2.75) is 0 Å². The summed E-state index contributed by atoms with van der Waals surface area (Å²) < 4.78 is 6.04. The highest BCUT2D eigenvalue weighted by atomic mass is 79.9. The van der Waals surface area contributed by atoms with Crippen molar-refractivity contribution >= 4 is 22.2 Å². The Labute approximate surface area is 88.9 Å². The number of oxazole rings is 1. The van der Waals surface area contributed by atoms with E-state index in [4.69, 9.17) is 4.42 Å². The maximum absolute atomic E-state index is 10.4. The number of rotatable bonds is 2. The van der Waals surface area contributed by atoms with E-state index < -0.39 is 0 Å². The molecule has 0 aliphatic heterocycles. The fourth-order valence-electron chi connectivity index (χ4n) is 1.10. The molecule has 0 aliphatic carbocycles. The summed E-state index contributed by atoms with van der Waals surface area (Å²) in [6.07, 6.45) is 1.99. The molecular weight excluding hydrogens is 246 g/mol. The van der Waals surface area contributed by atoms with Gasteiger partial charge in [-0.3, -0.25) is 4.79 Å². The Balaban J connectivity index is 2.49. The monoisotopic (exact) mass is 251 g/mol. The van der Waals surface area contributed by atoms with Gasteiger partial charge in [0.25, 0.3) is 0 Å². The molecule has 0 unspecified atom stereocenters. The average molecular weight is 252 g/mol. The summed E-state index contributed by atoms with van der Waals surface area (Å²) in [6, 6.07) is 7.53. The van der Waals surface area contributed by atoms with Gasteiger partial charge < -0.3 is 4.42 Å². The Morgan fingerprint density at radius 2 is 2.14 bits per heavy atom. The first-order chi connectivity index (χ1) is 6.81. The first-order valence-electron chi connectivity index (χ1n) is 3.97. The van der Waals surface area contributed by atoms with Crippen molar-refractivity contribution in [2.24, 2.45) is 0 Å². The number of aldehydes is 1. The van der Waals surface area contributed by atoms with Crippen molar-refractivity contribution in [3.8, 4) is 11.5 Å². The first-order valence-corrected chi connectivity index (χ1v) is 4.76. The number of benzene rings is 1. The third-order valence-electron chi connectivity index (χ3n) is 1.75. The normalized spacial score (nSPS) is 10.1. The fourth-order valence-corrected chi connectivity index (χ4v) is 1.55. The van der Waals surface area contributed by atoms with Crippen LogP contribution in [0.25, 0.3) is 11.5 Å². The lowest BCUT2D eigenvalue weighted by Crippen LogP contribution is -1.81. The molecule has 70 valence electrons. The van der Waals surface area contributed by atoms with Crippen molar-refractivity contribution in [2.75, 3.05) is 0 Å². The lowest BCUT2D eigenvalue weighted by atomic mass is 10.2. The predicted molar refractivity (Wildman–Crippen MR) is 55.0 cm³/mol. The zero-order valence-corrected chi connectivity index (χ0v) is 8.69. The van der Waals surface area contributed by atoms with Crippen molar-refractivity contribution in [1.82, 2.24) is 4.98 Å². The molecule has 0 atom stereocenters. The second-order valence-corrected chi connectivity index (χ2v) is 3.53. The quantitative estimate of drug-likeness (QED) is 0.771. The fraction of sp³-hybridized carbons (Fsp3) is 0. The molecule has 2 aromatic rings. The molecule has 0 N–H and O–H groups in total. The van der Waals surface area contributed by atoms with Gasteiger partial charge in [0.1, 0.15) is 12.0 Å². The second-order valence-electron chi connectivity index (χ2n) is 2.68. The van der Waals surface area contributed by atoms with Crippen LogP contribution in [0.1, 0.15) is 10.5 Å². The van der Waals surface area contributed by atoms with E-state index in [-0.39, 0.29) is 0 Å². The third kappa shape index (κ3) is 1.61. The SMILES string of the molecule is O=Cc1coc(-c2ccccc2Br)n1. The summed E-state index contributed by atoms with van der Waals surface area (Å²) in [7, 11) is 0. The summed E-state index contributed by atoms with van der Waals surface area (Å²) in [6.45, 7) is 0. The number of carbonyl (C=O) groups is 1. The molecule has 2 rings (SSSR count). The van der Waals surface area contributed by atoms with Crippen molar-refractivity contribution < 1.29 is 9.21 Å². The van der Waals surface area contributed by atoms with Gasteiger partial charge in [0, 0.05) is 4.47 Å². The Bertz CT molecular complexity index is 465. The molecule has 1 aromatic heterocycles. The van der Waals surface area contributed by atoms with Crippen LogP contribution in [0.15, 0.2) is 39.4 Å². The molecular formula is C10H6BrNO2. The molecule has 0 bridgehead atoms. The average Bonchev–Trinajstić information content (AvgIpc) is 2.67. The molecule has 1 aromatic carbocycles. The Morgan fingerprint density at radius 3 is 2.79 bits per heavy atom. The highest BCUT2D eigenvalue weighted by Gasteiger charge is 2.08. The zero-order chi connectivity index (χ0) is 9.97. The molecule has 0 saturated heterocycles. The highest BCUT2D eigenvalue weighted by molar-refractivity contribution is 9.10. The largest absolute Gasteiger partial charge is 0.444 e. The number of hydrogen-bond donors (Lipinski definition) is 0. The molecule has 14 heavy (non-hydrogen) atoms. The summed E-state index contributed by atoms with van der Waals surface area (Å²) in [5.41, 5.74) is 1.14. The third-order valence-corrected chi connectivity index (χ3v) is 2.44. The summed E-state index contributed by atoms with van der Waals surface area (Å²) >= 11 is 3.38. The minimum Gasteiger partial charge on any atom is -0.444 e. The van der Waals surface area contributed by atoms with Crippen LogP contribution in [0.2, 0.25) is 0 Å². The first kappa shape index (κ1) is 9.15. The summed E-state index contributed by atoms with van der Waals surface area (Å²) in [4.78, 5) is 14.4. The number of nitrogens with zero attached hydrogens (tertiary/aromatic N) is 1. The van der Waals surface area contributed by atoms with E-state index in [0.29, 0.717) is 17.9 Å². The van der Waals surface area contributed by atoms with Gasteiger partial charge in [0.15, 0.2) is 6.29 Å². The van der Waals surface area contributed by atoms with E-state index in [0.717, 1.165) is 10.0 Å². The van der Waals surface area contributed by atoms with Gasteiger partial charge in [-0.05, 0) is 28.1 Å². The molecule has 0 fully saturated rings. The van der Waals surface area contributed by atoms with Gasteiger partial charge in [-0.15, -0.1) is 0 Å². The smallest absolute Gasteiger partial charge is 0.227 e. The van der Waals surface area contributed by atoms with E-state index in [1.165, 1.54) is 6.26 Å². The lowest BCUT2D eigenvalue weighted by Gasteiger charge is -1.96. The molecule has 3 nitrogen and oxygen atoms in total. The molecule has 1 heterocycles.